The number of nitrogens with zero attached hydrogens (tertiary/aromatic N) is 2. The minimum Gasteiger partial charge on any atom is -0.327 e. The molecule has 1 saturated heterocycles. The van der Waals surface area contributed by atoms with E-state index in [1.165, 1.54) is 64.7 Å². The molecule has 0 aromatic rings. The van der Waals surface area contributed by atoms with Crippen molar-refractivity contribution in [3.8, 4) is 0 Å². The van der Waals surface area contributed by atoms with Crippen LogP contribution in [0.15, 0.2) is 0 Å². The summed E-state index contributed by atoms with van der Waals surface area (Å²) in [5, 5.41) is 0. The third kappa shape index (κ3) is 4.22. The Morgan fingerprint density at radius 2 is 1.83 bits per heavy atom. The van der Waals surface area contributed by atoms with Gasteiger partial charge in [-0.25, -0.2) is 0 Å². The van der Waals surface area contributed by atoms with Crippen molar-refractivity contribution in [2.75, 3.05) is 40.3 Å². The smallest absolute Gasteiger partial charge is 0.00676 e. The van der Waals surface area contributed by atoms with Crippen LogP contribution in [0.3, 0.4) is 0 Å². The van der Waals surface area contributed by atoms with Crippen molar-refractivity contribution in [1.29, 1.82) is 0 Å². The highest BCUT2D eigenvalue weighted by atomic mass is 15.1. The third-order valence-corrected chi connectivity index (χ3v) is 4.86. The summed E-state index contributed by atoms with van der Waals surface area (Å²) >= 11 is 0. The van der Waals surface area contributed by atoms with E-state index in [0.717, 1.165) is 11.8 Å². The van der Waals surface area contributed by atoms with E-state index in [0.29, 0.717) is 6.04 Å². The first-order valence-electron chi connectivity index (χ1n) is 7.78. The van der Waals surface area contributed by atoms with Crippen LogP contribution in [0.4, 0.5) is 0 Å². The second-order valence-electron chi connectivity index (χ2n) is 6.69. The monoisotopic (exact) mass is 253 g/mol. The van der Waals surface area contributed by atoms with Crippen molar-refractivity contribution in [3.05, 3.63) is 0 Å². The Morgan fingerprint density at radius 1 is 1.11 bits per heavy atom. The van der Waals surface area contributed by atoms with Crippen LogP contribution in [-0.4, -0.2) is 56.1 Å². The molecule has 1 saturated carbocycles. The van der Waals surface area contributed by atoms with Gasteiger partial charge in [0.2, 0.25) is 0 Å². The van der Waals surface area contributed by atoms with Crippen molar-refractivity contribution in [2.45, 2.75) is 44.6 Å². The van der Waals surface area contributed by atoms with E-state index in [1.54, 1.807) is 0 Å². The van der Waals surface area contributed by atoms with E-state index in [-0.39, 0.29) is 0 Å². The predicted molar refractivity (Wildman–Crippen MR) is 77.7 cm³/mol. The molecule has 2 fully saturated rings. The standard InChI is InChI=1S/C15H31N3/c1-17(2)12-13-6-9-18(10-7-13)11-8-14-4-3-5-15(14)16/h13-15H,3-12,16H2,1-2H3. The third-order valence-electron chi connectivity index (χ3n) is 4.86. The molecule has 0 radical (unpaired) electrons. The molecule has 0 bridgehead atoms. The maximum Gasteiger partial charge on any atom is 0.00676 e. The van der Waals surface area contributed by atoms with Crippen LogP contribution in [-0.2, 0) is 0 Å². The number of hydrogen-bond acceptors (Lipinski definition) is 3. The van der Waals surface area contributed by atoms with Crippen LogP contribution >= 0.6 is 0 Å². The molecule has 0 aromatic heterocycles. The van der Waals surface area contributed by atoms with Gasteiger partial charge in [-0.1, -0.05) is 6.42 Å². The zero-order valence-electron chi connectivity index (χ0n) is 12.3. The largest absolute Gasteiger partial charge is 0.327 e. The fourth-order valence-electron chi connectivity index (χ4n) is 3.68. The van der Waals surface area contributed by atoms with Crippen LogP contribution in [0.1, 0.15) is 38.5 Å². The minimum atomic E-state index is 0.497. The molecular weight excluding hydrogens is 222 g/mol. The SMILES string of the molecule is CN(C)CC1CCN(CCC2CCCC2N)CC1. The van der Waals surface area contributed by atoms with E-state index in [9.17, 15) is 0 Å². The second kappa shape index (κ2) is 6.88. The van der Waals surface area contributed by atoms with Gasteiger partial charge >= 0.3 is 0 Å². The van der Waals surface area contributed by atoms with Gasteiger partial charge in [-0.15, -0.1) is 0 Å². The highest BCUT2D eigenvalue weighted by Crippen LogP contribution is 2.27. The van der Waals surface area contributed by atoms with E-state index in [1.807, 2.05) is 0 Å². The Labute approximate surface area is 113 Å². The fraction of sp³-hybridized carbons (Fsp3) is 1.00. The second-order valence-corrected chi connectivity index (χ2v) is 6.69. The molecule has 0 amide bonds. The predicted octanol–water partition coefficient (Wildman–Crippen LogP) is 1.78. The van der Waals surface area contributed by atoms with E-state index < -0.39 is 0 Å². The Hall–Kier alpha value is -0.120. The molecule has 0 aromatic carbocycles. The molecule has 2 N–H and O–H groups in total. The van der Waals surface area contributed by atoms with Gasteiger partial charge < -0.3 is 15.5 Å². The number of piperidine rings is 1. The highest BCUT2D eigenvalue weighted by Gasteiger charge is 2.25. The Kier molecular flexibility index (Phi) is 5.46. The van der Waals surface area contributed by atoms with Crippen LogP contribution in [0.25, 0.3) is 0 Å². The fourth-order valence-corrected chi connectivity index (χ4v) is 3.68. The molecule has 2 aliphatic rings. The summed E-state index contributed by atoms with van der Waals surface area (Å²) in [6.45, 7) is 5.16. The molecule has 18 heavy (non-hydrogen) atoms. The molecule has 0 spiro atoms. The van der Waals surface area contributed by atoms with Gasteiger partial charge in [-0.2, -0.15) is 0 Å². The zero-order valence-corrected chi connectivity index (χ0v) is 12.3. The lowest BCUT2D eigenvalue weighted by atomic mass is 9.95. The topological polar surface area (TPSA) is 32.5 Å². The van der Waals surface area contributed by atoms with Crippen LogP contribution in [0.5, 0.6) is 0 Å². The Morgan fingerprint density at radius 3 is 2.39 bits per heavy atom. The molecule has 2 atom stereocenters. The number of rotatable bonds is 5. The van der Waals surface area contributed by atoms with Gasteiger partial charge in [0.15, 0.2) is 0 Å². The molecule has 1 aliphatic heterocycles. The average Bonchev–Trinajstić information content (AvgIpc) is 2.73. The van der Waals surface area contributed by atoms with Gasteiger partial charge in [0.1, 0.15) is 0 Å². The van der Waals surface area contributed by atoms with E-state index in [4.69, 9.17) is 5.73 Å². The quantitative estimate of drug-likeness (QED) is 0.810. The van der Waals surface area contributed by atoms with Crippen molar-refractivity contribution in [3.63, 3.8) is 0 Å². The summed E-state index contributed by atoms with van der Waals surface area (Å²) in [6, 6.07) is 0.497. The molecule has 2 unspecified atom stereocenters. The van der Waals surface area contributed by atoms with Crippen molar-refractivity contribution in [1.82, 2.24) is 9.80 Å². The normalized spacial score (nSPS) is 31.3. The number of likely N-dealkylation sites (tertiary alicyclic amines) is 1. The molecule has 3 heteroatoms. The van der Waals surface area contributed by atoms with Crippen LogP contribution < -0.4 is 5.73 Å². The summed E-state index contributed by atoms with van der Waals surface area (Å²) in [4.78, 5) is 5.00. The average molecular weight is 253 g/mol. The van der Waals surface area contributed by atoms with Gasteiger partial charge in [0.05, 0.1) is 0 Å². The van der Waals surface area contributed by atoms with Crippen molar-refractivity contribution >= 4 is 0 Å². The number of hydrogen-bond donors (Lipinski definition) is 1. The Bertz CT molecular complexity index is 234. The molecular formula is C15H31N3. The van der Waals surface area contributed by atoms with Crippen LogP contribution in [0, 0.1) is 11.8 Å². The van der Waals surface area contributed by atoms with Gasteiger partial charge in [-0.05, 0) is 77.7 Å². The molecule has 1 heterocycles. The first-order valence-corrected chi connectivity index (χ1v) is 7.78. The summed E-state index contributed by atoms with van der Waals surface area (Å²) in [6.07, 6.45) is 8.09. The van der Waals surface area contributed by atoms with E-state index in [2.05, 4.69) is 23.9 Å². The molecule has 1 aliphatic carbocycles. The lowest BCUT2D eigenvalue weighted by Gasteiger charge is -2.34. The van der Waals surface area contributed by atoms with Gasteiger partial charge in [0, 0.05) is 12.6 Å². The lowest BCUT2D eigenvalue weighted by Crippen LogP contribution is -2.38. The first-order chi connectivity index (χ1) is 8.65. The maximum atomic E-state index is 6.15. The molecule has 2 rings (SSSR count). The van der Waals surface area contributed by atoms with E-state index >= 15 is 0 Å². The van der Waals surface area contributed by atoms with Crippen molar-refractivity contribution in [2.24, 2.45) is 17.6 Å². The lowest BCUT2D eigenvalue weighted by molar-refractivity contribution is 0.154. The summed E-state index contributed by atoms with van der Waals surface area (Å²) in [5.41, 5.74) is 6.15. The molecule has 106 valence electrons. The van der Waals surface area contributed by atoms with Gasteiger partial charge in [-0.3, -0.25) is 0 Å². The highest BCUT2D eigenvalue weighted by molar-refractivity contribution is 4.82. The molecule has 3 nitrogen and oxygen atoms in total. The van der Waals surface area contributed by atoms with Gasteiger partial charge in [0.25, 0.3) is 0 Å². The Balaban J connectivity index is 1.61. The number of nitrogens with two attached hydrogens (primary N) is 1. The van der Waals surface area contributed by atoms with Crippen molar-refractivity contribution < 1.29 is 0 Å². The summed E-state index contributed by atoms with van der Waals surface area (Å²) in [5.74, 6) is 1.73. The minimum absolute atomic E-state index is 0.497. The maximum absolute atomic E-state index is 6.15. The summed E-state index contributed by atoms with van der Waals surface area (Å²) < 4.78 is 0. The first kappa shape index (κ1) is 14.3. The zero-order chi connectivity index (χ0) is 13.0. The van der Waals surface area contributed by atoms with Crippen LogP contribution in [0.2, 0.25) is 0 Å². The summed E-state index contributed by atoms with van der Waals surface area (Å²) in [7, 11) is 4.38.